The molecule has 0 N–H and O–H groups in total. The molecule has 0 unspecified atom stereocenters. The van der Waals surface area contributed by atoms with E-state index < -0.39 is 0 Å². The number of hydrogen-bond acceptors (Lipinski definition) is 2. The van der Waals surface area contributed by atoms with Gasteiger partial charge in [-0.1, -0.05) is 53.4 Å². The van der Waals surface area contributed by atoms with E-state index in [0.29, 0.717) is 0 Å². The van der Waals surface area contributed by atoms with Crippen molar-refractivity contribution in [3.8, 4) is 0 Å². The van der Waals surface area contributed by atoms with Gasteiger partial charge in [-0.25, -0.2) is 0 Å². The van der Waals surface area contributed by atoms with Crippen molar-refractivity contribution in [3.63, 3.8) is 0 Å². The molecule has 0 bridgehead atoms. The normalized spacial score (nSPS) is 9.17. The summed E-state index contributed by atoms with van der Waals surface area (Å²) in [7, 11) is 0. The van der Waals surface area contributed by atoms with Gasteiger partial charge in [0.15, 0.2) is 5.65 Å². The van der Waals surface area contributed by atoms with Gasteiger partial charge in [-0.05, 0) is 28.1 Å². The number of fused-ring (bicyclic) bond motifs is 1. The Morgan fingerprint density at radius 3 is 2.28 bits per heavy atom. The van der Waals surface area contributed by atoms with Crippen LogP contribution in [0.3, 0.4) is 0 Å². The van der Waals surface area contributed by atoms with Crippen molar-refractivity contribution in [2.75, 3.05) is 0 Å². The van der Waals surface area contributed by atoms with Crippen molar-refractivity contribution in [3.05, 3.63) is 29.1 Å². The zero-order valence-corrected chi connectivity index (χ0v) is 13.4. The molecule has 0 atom stereocenters. The Balaban J connectivity index is 0.000000315. The molecule has 0 saturated heterocycles. The highest BCUT2D eigenvalue weighted by atomic mass is 79.9. The molecule has 0 amide bonds. The van der Waals surface area contributed by atoms with Gasteiger partial charge in [0, 0.05) is 10.7 Å². The van der Waals surface area contributed by atoms with Gasteiger partial charge in [0.2, 0.25) is 0 Å². The molecule has 0 aliphatic rings. The molecule has 0 aliphatic heterocycles. The number of pyridine rings is 1. The maximum atomic E-state index is 3.85. The summed E-state index contributed by atoms with van der Waals surface area (Å²) < 4.78 is 2.88. The SMILES string of the molecule is Brc1ccc2nncn2c1.CC.CCCCCC. The number of hydrogen-bond donors (Lipinski definition) is 0. The van der Waals surface area contributed by atoms with Crippen LogP contribution in [0.2, 0.25) is 0 Å². The standard InChI is InChI=1S/C6H4BrN3.C6H14.C2H6/c7-5-1-2-6-9-8-4-10(6)3-5;1-3-5-6-4-2;1-2/h1-4H;3-6H2,1-2H3;1-2H3. The largest absolute Gasteiger partial charge is 0.288 e. The molecule has 2 heterocycles. The van der Waals surface area contributed by atoms with Gasteiger partial charge in [-0.15, -0.1) is 10.2 Å². The molecule has 0 aliphatic carbocycles. The molecule has 102 valence electrons. The first kappa shape index (κ1) is 17.1. The minimum Gasteiger partial charge on any atom is -0.288 e. The van der Waals surface area contributed by atoms with Crippen molar-refractivity contribution in [2.24, 2.45) is 0 Å². The van der Waals surface area contributed by atoms with Gasteiger partial charge in [0.25, 0.3) is 0 Å². The van der Waals surface area contributed by atoms with Gasteiger partial charge in [-0.2, -0.15) is 0 Å². The highest BCUT2D eigenvalue weighted by molar-refractivity contribution is 9.10. The minimum absolute atomic E-state index is 0.864. The Hall–Kier alpha value is -0.900. The molecule has 0 saturated carbocycles. The van der Waals surface area contributed by atoms with E-state index in [-0.39, 0.29) is 0 Å². The number of unbranched alkanes of at least 4 members (excludes halogenated alkanes) is 3. The molecule has 3 nitrogen and oxygen atoms in total. The van der Waals surface area contributed by atoms with Crippen molar-refractivity contribution in [2.45, 2.75) is 53.4 Å². The maximum absolute atomic E-state index is 3.85. The van der Waals surface area contributed by atoms with Crippen LogP contribution in [0.15, 0.2) is 29.1 Å². The van der Waals surface area contributed by atoms with Crippen LogP contribution >= 0.6 is 15.9 Å². The molecule has 0 spiro atoms. The Bertz CT molecular complexity index is 408. The predicted octanol–water partition coefficient (Wildman–Crippen LogP) is 5.10. The lowest BCUT2D eigenvalue weighted by Gasteiger charge is -1.90. The van der Waals surface area contributed by atoms with E-state index in [9.17, 15) is 0 Å². The highest BCUT2D eigenvalue weighted by Gasteiger charge is 1.92. The lowest BCUT2D eigenvalue weighted by Crippen LogP contribution is -1.80. The second-order valence-electron chi connectivity index (χ2n) is 3.65. The van der Waals surface area contributed by atoms with Crippen molar-refractivity contribution >= 4 is 21.6 Å². The third kappa shape index (κ3) is 6.74. The highest BCUT2D eigenvalue weighted by Crippen LogP contribution is 2.09. The Kier molecular flexibility index (Phi) is 10.6. The molecule has 2 aromatic rings. The Morgan fingerprint density at radius 1 is 1.11 bits per heavy atom. The van der Waals surface area contributed by atoms with E-state index >= 15 is 0 Å². The summed E-state index contributed by atoms with van der Waals surface area (Å²) in [5.74, 6) is 0. The Morgan fingerprint density at radius 2 is 1.72 bits per heavy atom. The first-order chi connectivity index (χ1) is 8.77. The fourth-order valence-electron chi connectivity index (χ4n) is 1.30. The summed E-state index contributed by atoms with van der Waals surface area (Å²) >= 11 is 3.34. The second kappa shape index (κ2) is 11.2. The van der Waals surface area contributed by atoms with E-state index in [4.69, 9.17) is 0 Å². The third-order valence-electron chi connectivity index (χ3n) is 2.21. The summed E-state index contributed by atoms with van der Waals surface area (Å²) in [6.45, 7) is 8.46. The summed E-state index contributed by atoms with van der Waals surface area (Å²) in [5.41, 5.74) is 0.864. The summed E-state index contributed by atoms with van der Waals surface area (Å²) in [5, 5.41) is 7.59. The lowest BCUT2D eigenvalue weighted by molar-refractivity contribution is 0.702. The van der Waals surface area contributed by atoms with Crippen LogP contribution in [-0.4, -0.2) is 14.6 Å². The summed E-state index contributed by atoms with van der Waals surface area (Å²) in [6.07, 6.45) is 9.12. The molecule has 2 rings (SSSR count). The van der Waals surface area contributed by atoms with Crippen molar-refractivity contribution in [1.29, 1.82) is 0 Å². The molecule has 18 heavy (non-hydrogen) atoms. The van der Waals surface area contributed by atoms with Crippen LogP contribution in [0.1, 0.15) is 53.4 Å². The first-order valence-corrected chi connectivity index (χ1v) is 7.52. The van der Waals surface area contributed by atoms with Gasteiger partial charge in [0.05, 0.1) is 0 Å². The van der Waals surface area contributed by atoms with Crippen LogP contribution < -0.4 is 0 Å². The molecule has 0 aromatic carbocycles. The molecule has 2 aromatic heterocycles. The lowest BCUT2D eigenvalue weighted by atomic mass is 10.2. The molecular formula is C14H24BrN3. The molecule has 4 heteroatoms. The summed E-state index contributed by atoms with van der Waals surface area (Å²) in [4.78, 5) is 0. The predicted molar refractivity (Wildman–Crippen MR) is 81.9 cm³/mol. The average Bonchev–Trinajstić information content (AvgIpc) is 2.86. The smallest absolute Gasteiger partial charge is 0.160 e. The monoisotopic (exact) mass is 313 g/mol. The minimum atomic E-state index is 0.864. The molecular weight excluding hydrogens is 290 g/mol. The number of halogens is 1. The number of aromatic nitrogens is 3. The van der Waals surface area contributed by atoms with Crippen LogP contribution in [0.25, 0.3) is 5.65 Å². The van der Waals surface area contributed by atoms with Crippen molar-refractivity contribution < 1.29 is 0 Å². The Labute approximate surface area is 119 Å². The van der Waals surface area contributed by atoms with Crippen molar-refractivity contribution in [1.82, 2.24) is 14.6 Å². The summed E-state index contributed by atoms with van der Waals surface area (Å²) in [6, 6.07) is 3.83. The van der Waals surface area contributed by atoms with Gasteiger partial charge in [-0.3, -0.25) is 4.40 Å². The zero-order chi connectivity index (χ0) is 13.8. The first-order valence-electron chi connectivity index (χ1n) is 6.72. The van der Waals surface area contributed by atoms with E-state index in [1.807, 2.05) is 36.6 Å². The zero-order valence-electron chi connectivity index (χ0n) is 11.9. The fraction of sp³-hybridized carbons (Fsp3) is 0.571. The third-order valence-corrected chi connectivity index (χ3v) is 2.68. The quantitative estimate of drug-likeness (QED) is 0.737. The van der Waals surface area contributed by atoms with Gasteiger partial charge < -0.3 is 0 Å². The number of rotatable bonds is 3. The van der Waals surface area contributed by atoms with E-state index in [0.717, 1.165) is 10.1 Å². The second-order valence-corrected chi connectivity index (χ2v) is 4.57. The molecule has 0 fully saturated rings. The van der Waals surface area contributed by atoms with Crippen LogP contribution in [0, 0.1) is 0 Å². The average molecular weight is 314 g/mol. The fourth-order valence-corrected chi connectivity index (χ4v) is 1.65. The van der Waals surface area contributed by atoms with Gasteiger partial charge >= 0.3 is 0 Å². The van der Waals surface area contributed by atoms with Gasteiger partial charge in [0.1, 0.15) is 6.33 Å². The van der Waals surface area contributed by atoms with E-state index in [1.165, 1.54) is 25.7 Å². The van der Waals surface area contributed by atoms with E-state index in [2.05, 4.69) is 40.0 Å². The van der Waals surface area contributed by atoms with Crippen LogP contribution in [0.4, 0.5) is 0 Å². The molecule has 0 radical (unpaired) electrons. The van der Waals surface area contributed by atoms with Crippen LogP contribution in [-0.2, 0) is 0 Å². The van der Waals surface area contributed by atoms with E-state index in [1.54, 1.807) is 6.33 Å². The van der Waals surface area contributed by atoms with Crippen LogP contribution in [0.5, 0.6) is 0 Å². The topological polar surface area (TPSA) is 30.2 Å². The maximum Gasteiger partial charge on any atom is 0.160 e. The number of nitrogens with zero attached hydrogens (tertiary/aromatic N) is 3.